The second-order valence-electron chi connectivity index (χ2n) is 4.56. The van der Waals surface area contributed by atoms with Crippen molar-refractivity contribution >= 4 is 0 Å². The Bertz CT molecular complexity index is 153. The summed E-state index contributed by atoms with van der Waals surface area (Å²) in [4.78, 5) is 1.71. The van der Waals surface area contributed by atoms with Gasteiger partial charge in [0.15, 0.2) is 0 Å². The molecular weight excluding hydrogens is 218 g/mol. The number of hydrogen-bond donors (Lipinski definition) is 3. The van der Waals surface area contributed by atoms with Crippen LogP contribution in [-0.4, -0.2) is 45.8 Å². The van der Waals surface area contributed by atoms with Gasteiger partial charge in [0.05, 0.1) is 0 Å². The van der Waals surface area contributed by atoms with Crippen molar-refractivity contribution in [3.8, 4) is 0 Å². The van der Waals surface area contributed by atoms with Crippen LogP contribution in [-0.2, 0) is 0 Å². The summed E-state index contributed by atoms with van der Waals surface area (Å²) >= 11 is 0. The average molecular weight is 247 g/mol. The lowest BCUT2D eigenvalue weighted by Crippen LogP contribution is -2.44. The molecule has 4 heteroatoms. The fourth-order valence-electron chi connectivity index (χ4n) is 1.86. The quantitative estimate of drug-likeness (QED) is 0.486. The normalized spacial score (nSPS) is 15.2. The zero-order chi connectivity index (χ0) is 13.1. The summed E-state index contributed by atoms with van der Waals surface area (Å²) in [5.41, 5.74) is 0. The second-order valence-corrected chi connectivity index (χ2v) is 4.56. The van der Waals surface area contributed by atoms with Crippen LogP contribution in [0, 0.1) is 0 Å². The number of aliphatic hydroxyl groups excluding tert-OH is 3. The number of rotatable bonds is 11. The van der Waals surface area contributed by atoms with E-state index in [1.807, 2.05) is 0 Å². The van der Waals surface area contributed by atoms with Gasteiger partial charge in [0.2, 0.25) is 0 Å². The standard InChI is InChI=1S/C13H29NO3/c1-3-5-8-12(16)14(10-7-11-15)13(17)9-6-4-2/h12-13,15-17H,3-11H2,1-2H3. The van der Waals surface area contributed by atoms with E-state index in [-0.39, 0.29) is 6.61 Å². The monoisotopic (exact) mass is 247 g/mol. The molecule has 4 nitrogen and oxygen atoms in total. The molecule has 0 aromatic carbocycles. The van der Waals surface area contributed by atoms with Crippen LogP contribution in [0.1, 0.15) is 58.8 Å². The first kappa shape index (κ1) is 16.8. The predicted octanol–water partition coefficient (Wildman–Crippen LogP) is 1.69. The molecule has 0 amide bonds. The third-order valence-corrected chi connectivity index (χ3v) is 2.97. The van der Waals surface area contributed by atoms with Gasteiger partial charge in [-0.3, -0.25) is 4.90 Å². The minimum Gasteiger partial charge on any atom is -0.396 e. The van der Waals surface area contributed by atoms with E-state index in [9.17, 15) is 10.2 Å². The van der Waals surface area contributed by atoms with Crippen molar-refractivity contribution in [3.05, 3.63) is 0 Å². The maximum absolute atomic E-state index is 10.0. The number of unbranched alkanes of at least 4 members (excludes halogenated alkanes) is 2. The highest BCUT2D eigenvalue weighted by Crippen LogP contribution is 2.13. The third-order valence-electron chi connectivity index (χ3n) is 2.97. The molecule has 0 aliphatic rings. The van der Waals surface area contributed by atoms with Gasteiger partial charge in [0.25, 0.3) is 0 Å². The molecule has 0 aromatic heterocycles. The fraction of sp³-hybridized carbons (Fsp3) is 1.00. The first-order valence-corrected chi connectivity index (χ1v) is 6.90. The Kier molecular flexibility index (Phi) is 10.9. The lowest BCUT2D eigenvalue weighted by molar-refractivity contribution is -0.110. The summed E-state index contributed by atoms with van der Waals surface area (Å²) in [6.07, 6.45) is 4.77. The lowest BCUT2D eigenvalue weighted by Gasteiger charge is -2.32. The highest BCUT2D eigenvalue weighted by Gasteiger charge is 2.21. The Labute approximate surface area is 105 Å². The van der Waals surface area contributed by atoms with Gasteiger partial charge in [-0.25, -0.2) is 0 Å². The largest absolute Gasteiger partial charge is 0.396 e. The van der Waals surface area contributed by atoms with Crippen molar-refractivity contribution in [2.24, 2.45) is 0 Å². The van der Waals surface area contributed by atoms with Crippen LogP contribution >= 0.6 is 0 Å². The van der Waals surface area contributed by atoms with Crippen molar-refractivity contribution in [1.82, 2.24) is 4.90 Å². The van der Waals surface area contributed by atoms with Crippen molar-refractivity contribution in [2.45, 2.75) is 71.2 Å². The molecule has 0 bridgehead atoms. The third kappa shape index (κ3) is 7.71. The molecule has 2 atom stereocenters. The maximum atomic E-state index is 10.0. The molecule has 3 N–H and O–H groups in total. The average Bonchev–Trinajstić information content (AvgIpc) is 2.34. The fourth-order valence-corrected chi connectivity index (χ4v) is 1.86. The molecule has 0 aliphatic heterocycles. The SMILES string of the molecule is CCCCC(O)N(CCCO)C(O)CCCC. The number of hydrogen-bond acceptors (Lipinski definition) is 4. The molecule has 0 heterocycles. The van der Waals surface area contributed by atoms with Gasteiger partial charge in [0, 0.05) is 13.2 Å². The molecular formula is C13H29NO3. The summed E-state index contributed by atoms with van der Waals surface area (Å²) in [5.74, 6) is 0. The van der Waals surface area contributed by atoms with E-state index in [2.05, 4.69) is 13.8 Å². The topological polar surface area (TPSA) is 63.9 Å². The Morgan fingerprint density at radius 3 is 1.71 bits per heavy atom. The van der Waals surface area contributed by atoms with Crippen molar-refractivity contribution in [2.75, 3.05) is 13.2 Å². The Morgan fingerprint density at radius 1 is 0.882 bits per heavy atom. The van der Waals surface area contributed by atoms with E-state index in [1.165, 1.54) is 0 Å². The number of nitrogens with zero attached hydrogens (tertiary/aromatic N) is 1. The van der Waals surface area contributed by atoms with E-state index < -0.39 is 12.5 Å². The van der Waals surface area contributed by atoms with Crippen LogP contribution in [0.4, 0.5) is 0 Å². The van der Waals surface area contributed by atoms with Gasteiger partial charge in [-0.15, -0.1) is 0 Å². The van der Waals surface area contributed by atoms with Gasteiger partial charge < -0.3 is 15.3 Å². The summed E-state index contributed by atoms with van der Waals surface area (Å²) in [7, 11) is 0. The highest BCUT2D eigenvalue weighted by molar-refractivity contribution is 4.66. The van der Waals surface area contributed by atoms with Crippen LogP contribution in [0.5, 0.6) is 0 Å². The van der Waals surface area contributed by atoms with Crippen molar-refractivity contribution in [3.63, 3.8) is 0 Å². The number of aliphatic hydroxyl groups is 3. The molecule has 17 heavy (non-hydrogen) atoms. The summed E-state index contributed by atoms with van der Waals surface area (Å²) < 4.78 is 0. The molecule has 2 unspecified atom stereocenters. The van der Waals surface area contributed by atoms with Gasteiger partial charge in [-0.2, -0.15) is 0 Å². The highest BCUT2D eigenvalue weighted by atomic mass is 16.3. The first-order valence-electron chi connectivity index (χ1n) is 6.90. The van der Waals surface area contributed by atoms with Crippen LogP contribution in [0.2, 0.25) is 0 Å². The Morgan fingerprint density at radius 2 is 1.35 bits per heavy atom. The lowest BCUT2D eigenvalue weighted by atomic mass is 10.1. The zero-order valence-corrected chi connectivity index (χ0v) is 11.3. The van der Waals surface area contributed by atoms with Crippen LogP contribution in [0.3, 0.4) is 0 Å². The molecule has 104 valence electrons. The van der Waals surface area contributed by atoms with Gasteiger partial charge in [-0.1, -0.05) is 26.7 Å². The minimum absolute atomic E-state index is 0.0947. The van der Waals surface area contributed by atoms with E-state index in [0.29, 0.717) is 25.8 Å². The van der Waals surface area contributed by atoms with E-state index >= 15 is 0 Å². The van der Waals surface area contributed by atoms with Crippen LogP contribution < -0.4 is 0 Å². The van der Waals surface area contributed by atoms with E-state index in [4.69, 9.17) is 5.11 Å². The molecule has 0 rings (SSSR count). The van der Waals surface area contributed by atoms with Gasteiger partial charge >= 0.3 is 0 Å². The van der Waals surface area contributed by atoms with E-state index in [1.54, 1.807) is 4.90 Å². The second kappa shape index (κ2) is 11.0. The minimum atomic E-state index is -0.589. The first-order chi connectivity index (χ1) is 8.17. The summed E-state index contributed by atoms with van der Waals surface area (Å²) in [6, 6.07) is 0. The molecule has 0 spiro atoms. The molecule has 0 fully saturated rings. The Balaban J connectivity index is 4.17. The Hall–Kier alpha value is -0.160. The van der Waals surface area contributed by atoms with Gasteiger partial charge in [0.1, 0.15) is 12.5 Å². The molecule has 0 aromatic rings. The van der Waals surface area contributed by atoms with Crippen LogP contribution in [0.25, 0.3) is 0 Å². The van der Waals surface area contributed by atoms with Crippen LogP contribution in [0.15, 0.2) is 0 Å². The zero-order valence-electron chi connectivity index (χ0n) is 11.3. The van der Waals surface area contributed by atoms with Crippen molar-refractivity contribution < 1.29 is 15.3 Å². The van der Waals surface area contributed by atoms with Gasteiger partial charge in [-0.05, 0) is 32.1 Å². The molecule has 0 aliphatic carbocycles. The van der Waals surface area contributed by atoms with Crippen molar-refractivity contribution in [1.29, 1.82) is 0 Å². The molecule has 0 radical (unpaired) electrons. The molecule has 0 saturated heterocycles. The van der Waals surface area contributed by atoms with E-state index in [0.717, 1.165) is 25.7 Å². The summed E-state index contributed by atoms with van der Waals surface area (Å²) in [5, 5.41) is 28.9. The molecule has 0 saturated carbocycles. The summed E-state index contributed by atoms with van der Waals surface area (Å²) in [6.45, 7) is 4.81. The predicted molar refractivity (Wildman–Crippen MR) is 69.5 cm³/mol. The maximum Gasteiger partial charge on any atom is 0.109 e. The smallest absolute Gasteiger partial charge is 0.109 e.